The summed E-state index contributed by atoms with van der Waals surface area (Å²) in [4.78, 5) is 18.2. The molecule has 0 spiro atoms. The monoisotopic (exact) mass is 281 g/mol. The van der Waals surface area contributed by atoms with Crippen LogP contribution in [0, 0.1) is 0 Å². The number of pyridine rings is 1. The molecule has 1 saturated heterocycles. The lowest BCUT2D eigenvalue weighted by molar-refractivity contribution is -0.119. The molecule has 1 fully saturated rings. The van der Waals surface area contributed by atoms with Crippen LogP contribution in [0.2, 0.25) is 0 Å². The molecule has 2 heterocycles. The first-order valence-corrected chi connectivity index (χ1v) is 7.27. The van der Waals surface area contributed by atoms with Crippen LogP contribution in [-0.4, -0.2) is 23.5 Å². The third-order valence-electron chi connectivity index (χ3n) is 4.15. The fourth-order valence-corrected chi connectivity index (χ4v) is 3.06. The van der Waals surface area contributed by atoms with Crippen LogP contribution in [0.4, 0.5) is 5.82 Å². The number of nitrogens with zero attached hydrogens (tertiary/aromatic N) is 2. The molecule has 0 radical (unpaired) electrons. The van der Waals surface area contributed by atoms with Gasteiger partial charge < -0.3 is 10.6 Å². The minimum absolute atomic E-state index is 0.277. The Labute approximate surface area is 124 Å². The quantitative estimate of drug-likeness (QED) is 0.939. The zero-order valence-corrected chi connectivity index (χ0v) is 11.9. The van der Waals surface area contributed by atoms with Crippen LogP contribution in [0.1, 0.15) is 24.3 Å². The molecule has 2 aromatic rings. The minimum atomic E-state index is -0.293. The van der Waals surface area contributed by atoms with E-state index in [9.17, 15) is 4.79 Å². The number of anilines is 1. The lowest BCUT2D eigenvalue weighted by Gasteiger charge is -2.38. The number of piperidine rings is 1. The van der Waals surface area contributed by atoms with E-state index in [1.54, 1.807) is 6.20 Å². The average Bonchev–Trinajstić information content (AvgIpc) is 2.56. The Balaban J connectivity index is 1.83. The van der Waals surface area contributed by atoms with Gasteiger partial charge in [0, 0.05) is 12.7 Å². The van der Waals surface area contributed by atoms with Gasteiger partial charge in [-0.05, 0) is 36.5 Å². The maximum absolute atomic E-state index is 11.9. The van der Waals surface area contributed by atoms with Crippen LogP contribution in [-0.2, 0) is 4.79 Å². The number of amides is 1. The Morgan fingerprint density at radius 2 is 1.90 bits per heavy atom. The number of benzene rings is 1. The van der Waals surface area contributed by atoms with Crippen LogP contribution in [0.3, 0.4) is 0 Å². The highest BCUT2D eigenvalue weighted by Gasteiger charge is 2.33. The van der Waals surface area contributed by atoms with Gasteiger partial charge in [-0.15, -0.1) is 0 Å². The van der Waals surface area contributed by atoms with Crippen molar-refractivity contribution in [1.29, 1.82) is 0 Å². The number of hydrogen-bond donors (Lipinski definition) is 1. The van der Waals surface area contributed by atoms with Crippen molar-refractivity contribution in [2.45, 2.75) is 24.8 Å². The lowest BCUT2D eigenvalue weighted by atomic mass is 9.85. The number of primary amides is 1. The molecular weight excluding hydrogens is 262 g/mol. The molecule has 1 amide bonds. The van der Waals surface area contributed by atoms with Gasteiger partial charge in [0.15, 0.2) is 0 Å². The molecule has 2 atom stereocenters. The van der Waals surface area contributed by atoms with E-state index in [1.165, 1.54) is 5.56 Å². The van der Waals surface area contributed by atoms with Crippen LogP contribution in [0.25, 0.3) is 0 Å². The standard InChI is InChI=1S/C17H19N3O/c18-17(21)15-12-14(13-6-2-1-3-7-13)9-11-20(15)16-8-4-5-10-19-16/h1-8,10,14-15H,9,11-12H2,(H2,18,21). The summed E-state index contributed by atoms with van der Waals surface area (Å²) in [6.07, 6.45) is 3.50. The highest BCUT2D eigenvalue weighted by atomic mass is 16.1. The molecule has 4 heteroatoms. The summed E-state index contributed by atoms with van der Waals surface area (Å²) in [5.74, 6) is 0.928. The molecule has 3 rings (SSSR count). The molecule has 2 unspecified atom stereocenters. The van der Waals surface area contributed by atoms with Crippen molar-refractivity contribution in [3.63, 3.8) is 0 Å². The van der Waals surface area contributed by atoms with E-state index in [4.69, 9.17) is 5.73 Å². The maximum Gasteiger partial charge on any atom is 0.240 e. The lowest BCUT2D eigenvalue weighted by Crippen LogP contribution is -2.50. The van der Waals surface area contributed by atoms with Gasteiger partial charge in [-0.2, -0.15) is 0 Å². The first-order chi connectivity index (χ1) is 10.3. The van der Waals surface area contributed by atoms with Gasteiger partial charge in [0.1, 0.15) is 11.9 Å². The molecular formula is C17H19N3O. The zero-order valence-electron chi connectivity index (χ0n) is 11.9. The molecule has 1 aromatic carbocycles. The molecule has 0 saturated carbocycles. The molecule has 108 valence electrons. The summed E-state index contributed by atoms with van der Waals surface area (Å²) in [6.45, 7) is 0.796. The van der Waals surface area contributed by atoms with Crippen molar-refractivity contribution < 1.29 is 4.79 Å². The highest BCUT2D eigenvalue weighted by Crippen LogP contribution is 2.33. The van der Waals surface area contributed by atoms with E-state index in [2.05, 4.69) is 17.1 Å². The van der Waals surface area contributed by atoms with Crippen LogP contribution < -0.4 is 10.6 Å². The Morgan fingerprint density at radius 3 is 2.57 bits per heavy atom. The minimum Gasteiger partial charge on any atom is -0.368 e. The summed E-state index contributed by atoms with van der Waals surface area (Å²) in [5, 5.41) is 0. The van der Waals surface area contributed by atoms with Gasteiger partial charge >= 0.3 is 0 Å². The number of hydrogen-bond acceptors (Lipinski definition) is 3. The number of nitrogens with two attached hydrogens (primary N) is 1. The molecule has 1 aromatic heterocycles. The van der Waals surface area contributed by atoms with Gasteiger partial charge in [-0.25, -0.2) is 4.98 Å². The van der Waals surface area contributed by atoms with Gasteiger partial charge in [-0.1, -0.05) is 36.4 Å². The Hall–Kier alpha value is -2.36. The third kappa shape index (κ3) is 2.89. The fraction of sp³-hybridized carbons (Fsp3) is 0.294. The van der Waals surface area contributed by atoms with Gasteiger partial charge in [0.25, 0.3) is 0 Å². The van der Waals surface area contributed by atoms with Crippen LogP contribution in [0.15, 0.2) is 54.7 Å². The highest BCUT2D eigenvalue weighted by molar-refractivity contribution is 5.83. The van der Waals surface area contributed by atoms with Crippen molar-refractivity contribution in [3.8, 4) is 0 Å². The molecule has 21 heavy (non-hydrogen) atoms. The molecule has 4 nitrogen and oxygen atoms in total. The van der Waals surface area contributed by atoms with Crippen molar-refractivity contribution in [3.05, 3.63) is 60.3 Å². The molecule has 0 aliphatic carbocycles. The summed E-state index contributed by atoms with van der Waals surface area (Å²) in [5.41, 5.74) is 6.91. The van der Waals surface area contributed by atoms with E-state index in [1.807, 2.05) is 41.3 Å². The van der Waals surface area contributed by atoms with Gasteiger partial charge in [0.05, 0.1) is 0 Å². The first-order valence-electron chi connectivity index (χ1n) is 7.27. The summed E-state index contributed by atoms with van der Waals surface area (Å²) < 4.78 is 0. The Morgan fingerprint density at radius 1 is 1.14 bits per heavy atom. The van der Waals surface area contributed by atoms with Gasteiger partial charge in [-0.3, -0.25) is 4.79 Å². The normalized spacial score (nSPS) is 22.0. The largest absolute Gasteiger partial charge is 0.368 e. The third-order valence-corrected chi connectivity index (χ3v) is 4.15. The number of aromatic nitrogens is 1. The van der Waals surface area contributed by atoms with E-state index < -0.39 is 0 Å². The zero-order chi connectivity index (χ0) is 14.7. The molecule has 1 aliphatic rings. The molecule has 1 aliphatic heterocycles. The molecule has 0 bridgehead atoms. The number of carbonyl (C=O) groups excluding carboxylic acids is 1. The number of rotatable bonds is 3. The topological polar surface area (TPSA) is 59.2 Å². The second-order valence-electron chi connectivity index (χ2n) is 5.43. The first kappa shape index (κ1) is 13.6. The summed E-state index contributed by atoms with van der Waals surface area (Å²) in [7, 11) is 0. The Kier molecular flexibility index (Phi) is 3.86. The van der Waals surface area contributed by atoms with Crippen LogP contribution >= 0.6 is 0 Å². The van der Waals surface area contributed by atoms with E-state index in [0.29, 0.717) is 5.92 Å². The van der Waals surface area contributed by atoms with Gasteiger partial charge in [0.2, 0.25) is 5.91 Å². The Bertz CT molecular complexity index is 600. The van der Waals surface area contributed by atoms with Crippen molar-refractivity contribution in [1.82, 2.24) is 4.98 Å². The molecule has 2 N–H and O–H groups in total. The average molecular weight is 281 g/mol. The summed E-state index contributed by atoms with van der Waals surface area (Å²) >= 11 is 0. The SMILES string of the molecule is NC(=O)C1CC(c2ccccc2)CCN1c1ccccn1. The van der Waals surface area contributed by atoms with Crippen molar-refractivity contribution >= 4 is 11.7 Å². The smallest absolute Gasteiger partial charge is 0.240 e. The second kappa shape index (κ2) is 5.95. The van der Waals surface area contributed by atoms with E-state index in [-0.39, 0.29) is 11.9 Å². The van der Waals surface area contributed by atoms with Crippen molar-refractivity contribution in [2.75, 3.05) is 11.4 Å². The maximum atomic E-state index is 11.9. The predicted molar refractivity (Wildman–Crippen MR) is 83.0 cm³/mol. The number of carbonyl (C=O) groups is 1. The van der Waals surface area contributed by atoms with Crippen molar-refractivity contribution in [2.24, 2.45) is 5.73 Å². The fourth-order valence-electron chi connectivity index (χ4n) is 3.06. The second-order valence-corrected chi connectivity index (χ2v) is 5.43. The van der Waals surface area contributed by atoms with E-state index in [0.717, 1.165) is 25.2 Å². The van der Waals surface area contributed by atoms with E-state index >= 15 is 0 Å². The predicted octanol–water partition coefficient (Wildman–Crippen LogP) is 2.32. The van der Waals surface area contributed by atoms with Crippen LogP contribution in [0.5, 0.6) is 0 Å². The summed E-state index contributed by atoms with van der Waals surface area (Å²) in [6, 6.07) is 15.8.